The van der Waals surface area contributed by atoms with Crippen LogP contribution in [0.5, 0.6) is 0 Å². The van der Waals surface area contributed by atoms with Gasteiger partial charge in [-0.3, -0.25) is 4.79 Å². The number of nitrogens with zero attached hydrogens (tertiary/aromatic N) is 2. The van der Waals surface area contributed by atoms with Crippen LogP contribution in [-0.4, -0.2) is 16.3 Å². The van der Waals surface area contributed by atoms with Crippen molar-refractivity contribution < 1.29 is 4.79 Å². The van der Waals surface area contributed by atoms with Crippen LogP contribution in [0.4, 0.5) is 0 Å². The molecule has 1 rings (SSSR count). The molecule has 0 aliphatic carbocycles. The van der Waals surface area contributed by atoms with Crippen molar-refractivity contribution in [3.63, 3.8) is 0 Å². The van der Waals surface area contributed by atoms with Crippen LogP contribution in [0.1, 0.15) is 23.1 Å². The maximum Gasteiger partial charge on any atom is 0.192 e. The Morgan fingerprint density at radius 1 is 1.50 bits per heavy atom. The second-order valence-corrected chi connectivity index (χ2v) is 1.92. The summed E-state index contributed by atoms with van der Waals surface area (Å²) in [5, 5.41) is 0. The van der Waals surface area contributed by atoms with Crippen molar-refractivity contribution in [2.45, 2.75) is 13.3 Å². The van der Waals surface area contributed by atoms with E-state index in [0.29, 0.717) is 6.29 Å². The fourth-order valence-corrected chi connectivity index (χ4v) is 0.608. The van der Waals surface area contributed by atoms with Crippen molar-refractivity contribution in [1.82, 2.24) is 9.97 Å². The largest absolute Gasteiger partial charge is 0.294 e. The third-order valence-electron chi connectivity index (χ3n) is 1.24. The molecule has 0 aromatic carbocycles. The van der Waals surface area contributed by atoms with Gasteiger partial charge in [-0.1, -0.05) is 6.92 Å². The molecule has 52 valence electrons. The molecular formula is C7H8N2O. The first-order valence-corrected chi connectivity index (χ1v) is 3.13. The number of aryl methyl sites for hydroxylation is 1. The highest BCUT2D eigenvalue weighted by atomic mass is 16.1. The second kappa shape index (κ2) is 3.06. The molecule has 0 atom stereocenters. The third kappa shape index (κ3) is 1.37. The highest BCUT2D eigenvalue weighted by Gasteiger charge is 1.91. The number of hydrogen-bond donors (Lipinski definition) is 0. The minimum atomic E-state index is 0.247. The van der Waals surface area contributed by atoms with Crippen molar-refractivity contribution in [3.8, 4) is 0 Å². The van der Waals surface area contributed by atoms with Crippen LogP contribution < -0.4 is 0 Å². The maximum atomic E-state index is 10.1. The van der Waals surface area contributed by atoms with Gasteiger partial charge in [0.1, 0.15) is 0 Å². The van der Waals surface area contributed by atoms with Gasteiger partial charge >= 0.3 is 0 Å². The molecule has 0 saturated carbocycles. The molecule has 0 saturated heterocycles. The molecule has 1 aromatic rings. The van der Waals surface area contributed by atoms with E-state index in [4.69, 9.17) is 0 Å². The summed E-state index contributed by atoms with van der Waals surface area (Å²) in [5.74, 6) is 0.247. The zero-order valence-corrected chi connectivity index (χ0v) is 5.74. The quantitative estimate of drug-likeness (QED) is 0.566. The predicted octanol–water partition coefficient (Wildman–Crippen LogP) is 0.851. The summed E-state index contributed by atoms with van der Waals surface area (Å²) in [4.78, 5) is 17.7. The van der Waals surface area contributed by atoms with Gasteiger partial charge in [0, 0.05) is 12.4 Å². The first kappa shape index (κ1) is 6.86. The van der Waals surface area contributed by atoms with Gasteiger partial charge < -0.3 is 0 Å². The van der Waals surface area contributed by atoms with Crippen molar-refractivity contribution in [2.75, 3.05) is 0 Å². The molecule has 0 radical (unpaired) electrons. The van der Waals surface area contributed by atoms with Crippen LogP contribution in [0, 0.1) is 0 Å². The summed E-state index contributed by atoms with van der Waals surface area (Å²) in [6.07, 6.45) is 4.87. The van der Waals surface area contributed by atoms with Crippen LogP contribution in [0.3, 0.4) is 0 Å². The van der Waals surface area contributed by atoms with E-state index in [1.165, 1.54) is 0 Å². The van der Waals surface area contributed by atoms with E-state index in [1.54, 1.807) is 12.4 Å². The first-order chi connectivity index (χ1) is 4.86. The summed E-state index contributed by atoms with van der Waals surface area (Å²) < 4.78 is 0. The van der Waals surface area contributed by atoms with Crippen LogP contribution in [0.25, 0.3) is 0 Å². The second-order valence-electron chi connectivity index (χ2n) is 1.92. The highest BCUT2D eigenvalue weighted by Crippen LogP contribution is 1.94. The van der Waals surface area contributed by atoms with E-state index in [2.05, 4.69) is 9.97 Å². The SMILES string of the molecule is CCc1cnc(C=O)nc1. The fraction of sp³-hybridized carbons (Fsp3) is 0.286. The fourth-order valence-electron chi connectivity index (χ4n) is 0.608. The molecule has 1 heterocycles. The number of aromatic nitrogens is 2. The number of aldehydes is 1. The predicted molar refractivity (Wildman–Crippen MR) is 36.8 cm³/mol. The summed E-state index contributed by atoms with van der Waals surface area (Å²) in [5.41, 5.74) is 1.05. The van der Waals surface area contributed by atoms with Crippen molar-refractivity contribution >= 4 is 6.29 Å². The van der Waals surface area contributed by atoms with E-state index in [1.807, 2.05) is 6.92 Å². The molecule has 1 aromatic heterocycles. The van der Waals surface area contributed by atoms with Crippen molar-refractivity contribution in [2.24, 2.45) is 0 Å². The average Bonchev–Trinajstić information content (AvgIpc) is 2.05. The molecule has 0 N–H and O–H groups in total. The number of carbonyl (C=O) groups is 1. The lowest BCUT2D eigenvalue weighted by Crippen LogP contribution is -1.92. The monoisotopic (exact) mass is 136 g/mol. The number of carbonyl (C=O) groups excluding carboxylic acids is 1. The Morgan fingerprint density at radius 3 is 2.50 bits per heavy atom. The first-order valence-electron chi connectivity index (χ1n) is 3.13. The molecule has 0 aliphatic rings. The van der Waals surface area contributed by atoms with Crippen LogP contribution in [-0.2, 0) is 6.42 Å². The van der Waals surface area contributed by atoms with E-state index in [9.17, 15) is 4.79 Å². The summed E-state index contributed by atoms with van der Waals surface area (Å²) in [6, 6.07) is 0. The van der Waals surface area contributed by atoms with Crippen LogP contribution >= 0.6 is 0 Å². The van der Waals surface area contributed by atoms with Gasteiger partial charge in [0.25, 0.3) is 0 Å². The Morgan fingerprint density at radius 2 is 2.10 bits per heavy atom. The lowest BCUT2D eigenvalue weighted by atomic mass is 10.3. The smallest absolute Gasteiger partial charge is 0.192 e. The number of rotatable bonds is 2. The summed E-state index contributed by atoms with van der Waals surface area (Å²) in [6.45, 7) is 2.01. The highest BCUT2D eigenvalue weighted by molar-refractivity contribution is 5.68. The molecule has 0 bridgehead atoms. The van der Waals surface area contributed by atoms with Gasteiger partial charge in [-0.05, 0) is 12.0 Å². The summed E-state index contributed by atoms with van der Waals surface area (Å²) in [7, 11) is 0. The molecule has 0 spiro atoms. The van der Waals surface area contributed by atoms with E-state index < -0.39 is 0 Å². The van der Waals surface area contributed by atoms with E-state index >= 15 is 0 Å². The lowest BCUT2D eigenvalue weighted by molar-refractivity contribution is 0.111. The van der Waals surface area contributed by atoms with Crippen LogP contribution in [0.15, 0.2) is 12.4 Å². The molecule has 0 aliphatic heterocycles. The molecule has 0 fully saturated rings. The summed E-state index contributed by atoms with van der Waals surface area (Å²) >= 11 is 0. The Labute approximate surface area is 59.1 Å². The number of hydrogen-bond acceptors (Lipinski definition) is 3. The average molecular weight is 136 g/mol. The van der Waals surface area contributed by atoms with Gasteiger partial charge in [0.2, 0.25) is 0 Å². The normalized spacial score (nSPS) is 9.30. The van der Waals surface area contributed by atoms with Crippen molar-refractivity contribution in [1.29, 1.82) is 0 Å². The van der Waals surface area contributed by atoms with E-state index in [0.717, 1.165) is 12.0 Å². The zero-order valence-electron chi connectivity index (χ0n) is 5.74. The molecule has 3 nitrogen and oxygen atoms in total. The third-order valence-corrected chi connectivity index (χ3v) is 1.24. The molecular weight excluding hydrogens is 128 g/mol. The Kier molecular flexibility index (Phi) is 2.10. The minimum absolute atomic E-state index is 0.247. The Hall–Kier alpha value is -1.25. The zero-order chi connectivity index (χ0) is 7.40. The Bertz CT molecular complexity index is 218. The molecule has 0 unspecified atom stereocenters. The van der Waals surface area contributed by atoms with Crippen LogP contribution in [0.2, 0.25) is 0 Å². The molecule has 0 amide bonds. The van der Waals surface area contributed by atoms with Crippen molar-refractivity contribution in [3.05, 3.63) is 23.8 Å². The topological polar surface area (TPSA) is 42.9 Å². The molecule has 3 heteroatoms. The lowest BCUT2D eigenvalue weighted by Gasteiger charge is -1.92. The van der Waals surface area contributed by atoms with E-state index in [-0.39, 0.29) is 5.82 Å². The maximum absolute atomic E-state index is 10.1. The van der Waals surface area contributed by atoms with Gasteiger partial charge in [0.15, 0.2) is 12.1 Å². The van der Waals surface area contributed by atoms with Gasteiger partial charge in [0.05, 0.1) is 0 Å². The van der Waals surface area contributed by atoms with Gasteiger partial charge in [-0.15, -0.1) is 0 Å². The Balaban J connectivity index is 2.90. The van der Waals surface area contributed by atoms with Gasteiger partial charge in [-0.2, -0.15) is 0 Å². The molecule has 10 heavy (non-hydrogen) atoms. The van der Waals surface area contributed by atoms with Gasteiger partial charge in [-0.25, -0.2) is 9.97 Å². The minimum Gasteiger partial charge on any atom is -0.294 e. The standard InChI is InChI=1S/C7H8N2O/c1-2-6-3-8-7(5-10)9-4-6/h3-5H,2H2,1H3.